The molecule has 0 bridgehead atoms. The van der Waals surface area contributed by atoms with E-state index in [0.29, 0.717) is 12.5 Å². The Kier molecular flexibility index (Phi) is 6.26. The van der Waals surface area contributed by atoms with Gasteiger partial charge in [-0.05, 0) is 49.9 Å². The van der Waals surface area contributed by atoms with E-state index in [1.165, 1.54) is 0 Å². The summed E-state index contributed by atoms with van der Waals surface area (Å²) in [5.41, 5.74) is 1.79. The first-order valence-electron chi connectivity index (χ1n) is 9.65. The molecule has 6 heteroatoms. The van der Waals surface area contributed by atoms with Crippen LogP contribution in [0.4, 0.5) is 0 Å². The van der Waals surface area contributed by atoms with Crippen molar-refractivity contribution in [3.05, 3.63) is 46.0 Å². The van der Waals surface area contributed by atoms with E-state index in [1.54, 1.807) is 17.5 Å². The van der Waals surface area contributed by atoms with Crippen LogP contribution in [-0.4, -0.2) is 31.9 Å². The summed E-state index contributed by atoms with van der Waals surface area (Å²) in [5, 5.41) is 0. The molecule has 3 aromatic rings. The van der Waals surface area contributed by atoms with Crippen molar-refractivity contribution in [2.45, 2.75) is 53.6 Å². The molecule has 5 nitrogen and oxygen atoms in total. The van der Waals surface area contributed by atoms with E-state index in [9.17, 15) is 4.79 Å². The highest BCUT2D eigenvalue weighted by Gasteiger charge is 2.21. The van der Waals surface area contributed by atoms with Crippen molar-refractivity contribution in [2.24, 2.45) is 5.92 Å². The number of carbonyl (C=O) groups excluding carboxylic acids is 1. The fourth-order valence-corrected chi connectivity index (χ4v) is 3.96. The Labute approximate surface area is 165 Å². The van der Waals surface area contributed by atoms with E-state index >= 15 is 0 Å². The molecule has 0 unspecified atom stereocenters. The molecule has 0 spiro atoms. The highest BCUT2D eigenvalue weighted by Crippen LogP contribution is 2.21. The average Bonchev–Trinajstić information content (AvgIpc) is 3.22. The summed E-state index contributed by atoms with van der Waals surface area (Å²) < 4.78 is 2.16. The number of amides is 1. The second-order valence-corrected chi connectivity index (χ2v) is 8.63. The summed E-state index contributed by atoms with van der Waals surface area (Å²) in [6, 6.07) is 7.84. The molecule has 1 amide bonds. The zero-order valence-electron chi connectivity index (χ0n) is 16.6. The maximum atomic E-state index is 13.1. The third kappa shape index (κ3) is 4.56. The molecule has 3 rings (SSSR count). The van der Waals surface area contributed by atoms with Gasteiger partial charge in [0.2, 0.25) is 0 Å². The molecule has 0 aliphatic rings. The van der Waals surface area contributed by atoms with Gasteiger partial charge in [0.05, 0.1) is 11.4 Å². The highest BCUT2D eigenvalue weighted by molar-refractivity contribution is 7.13. The van der Waals surface area contributed by atoms with Crippen LogP contribution in [0.25, 0.3) is 11.2 Å². The number of fused-ring (bicyclic) bond motifs is 1. The summed E-state index contributed by atoms with van der Waals surface area (Å²) in [6.07, 6.45) is 3.78. The molecular formula is C21H28N4OS. The minimum absolute atomic E-state index is 0.0943. The Hall–Kier alpha value is -2.21. The van der Waals surface area contributed by atoms with Gasteiger partial charge < -0.3 is 9.47 Å². The third-order valence-corrected chi connectivity index (χ3v) is 5.57. The third-order valence-electron chi connectivity index (χ3n) is 4.58. The molecule has 144 valence electrons. The normalized spacial score (nSPS) is 11.4. The molecule has 0 aliphatic carbocycles. The summed E-state index contributed by atoms with van der Waals surface area (Å²) in [7, 11) is 0. The van der Waals surface area contributed by atoms with Gasteiger partial charge in [-0.25, -0.2) is 9.97 Å². The topological polar surface area (TPSA) is 51.0 Å². The molecule has 0 saturated heterocycles. The van der Waals surface area contributed by atoms with Crippen LogP contribution in [0.2, 0.25) is 0 Å². The van der Waals surface area contributed by atoms with Crippen LogP contribution in [0.5, 0.6) is 0 Å². The molecule has 0 aliphatic heterocycles. The van der Waals surface area contributed by atoms with E-state index in [0.717, 1.165) is 52.7 Å². The average molecular weight is 385 g/mol. The number of rotatable bonds is 8. The fourth-order valence-electron chi connectivity index (χ4n) is 3.13. The van der Waals surface area contributed by atoms with Crippen molar-refractivity contribution >= 4 is 28.4 Å². The van der Waals surface area contributed by atoms with E-state index < -0.39 is 0 Å². The molecule has 3 heterocycles. The van der Waals surface area contributed by atoms with Crippen molar-refractivity contribution in [3.8, 4) is 0 Å². The van der Waals surface area contributed by atoms with Crippen molar-refractivity contribution < 1.29 is 4.79 Å². The minimum atomic E-state index is 0.0943. The van der Waals surface area contributed by atoms with Gasteiger partial charge in [0.25, 0.3) is 5.91 Å². The van der Waals surface area contributed by atoms with Gasteiger partial charge in [0.15, 0.2) is 5.65 Å². The molecule has 0 atom stereocenters. The second-order valence-electron chi connectivity index (χ2n) is 7.35. The van der Waals surface area contributed by atoms with E-state index in [2.05, 4.69) is 30.3 Å². The van der Waals surface area contributed by atoms with Gasteiger partial charge in [-0.2, -0.15) is 0 Å². The number of aryl methyl sites for hydroxylation is 2. The Balaban J connectivity index is 1.92. The van der Waals surface area contributed by atoms with E-state index in [1.807, 2.05) is 36.1 Å². The number of hydrogen-bond donors (Lipinski definition) is 0. The molecule has 0 fully saturated rings. The van der Waals surface area contributed by atoms with Crippen LogP contribution in [0.1, 0.15) is 54.0 Å². The lowest BCUT2D eigenvalue weighted by molar-refractivity contribution is 0.0734. The lowest BCUT2D eigenvalue weighted by Gasteiger charge is -2.23. The number of carbonyl (C=O) groups is 1. The summed E-state index contributed by atoms with van der Waals surface area (Å²) in [6.45, 7) is 10.7. The smallest absolute Gasteiger partial charge is 0.264 e. The zero-order valence-corrected chi connectivity index (χ0v) is 17.4. The van der Waals surface area contributed by atoms with Gasteiger partial charge in [-0.3, -0.25) is 4.79 Å². The van der Waals surface area contributed by atoms with Crippen LogP contribution in [0.3, 0.4) is 0 Å². The van der Waals surface area contributed by atoms with Crippen LogP contribution in [0.15, 0.2) is 30.5 Å². The number of hydrogen-bond acceptors (Lipinski definition) is 4. The Bertz CT molecular complexity index is 912. The minimum Gasteiger partial charge on any atom is -0.330 e. The zero-order chi connectivity index (χ0) is 19.4. The second kappa shape index (κ2) is 8.65. The molecule has 0 saturated carbocycles. The molecular weight excluding hydrogens is 356 g/mol. The van der Waals surface area contributed by atoms with Crippen LogP contribution in [0, 0.1) is 12.8 Å². The summed E-state index contributed by atoms with van der Waals surface area (Å²) >= 11 is 1.56. The predicted octanol–water partition coefficient (Wildman–Crippen LogP) is 4.90. The highest BCUT2D eigenvalue weighted by atomic mass is 32.1. The first kappa shape index (κ1) is 19.5. The van der Waals surface area contributed by atoms with Crippen LogP contribution < -0.4 is 0 Å². The standard InChI is InChI=1S/C21H28N4OS/c1-5-12-25-19(23-17-7-6-11-22-20(17)25)14-24(13-10-15(2)3)21(26)18-9-8-16(4)27-18/h6-9,11,15H,5,10,12-14H2,1-4H3. The van der Waals surface area contributed by atoms with E-state index in [4.69, 9.17) is 4.98 Å². The first-order chi connectivity index (χ1) is 13.0. The van der Waals surface area contributed by atoms with Crippen LogP contribution >= 0.6 is 11.3 Å². The van der Waals surface area contributed by atoms with Gasteiger partial charge in [0.1, 0.15) is 11.3 Å². The van der Waals surface area contributed by atoms with Gasteiger partial charge >= 0.3 is 0 Å². The lowest BCUT2D eigenvalue weighted by atomic mass is 10.1. The first-order valence-corrected chi connectivity index (χ1v) is 10.5. The SMILES string of the molecule is CCCn1c(CN(CCC(C)C)C(=O)c2ccc(C)s2)nc2cccnc21. The number of pyridine rings is 1. The van der Waals surface area contributed by atoms with Gasteiger partial charge in [0, 0.05) is 24.2 Å². The van der Waals surface area contributed by atoms with Crippen LogP contribution in [-0.2, 0) is 13.1 Å². The molecule has 0 aromatic carbocycles. The monoisotopic (exact) mass is 384 g/mol. The predicted molar refractivity (Wildman–Crippen MR) is 111 cm³/mol. The molecule has 3 aromatic heterocycles. The number of aromatic nitrogens is 3. The van der Waals surface area contributed by atoms with E-state index in [-0.39, 0.29) is 5.91 Å². The molecule has 27 heavy (non-hydrogen) atoms. The Morgan fingerprint density at radius 1 is 1.30 bits per heavy atom. The van der Waals surface area contributed by atoms with Crippen molar-refractivity contribution in [1.82, 2.24) is 19.4 Å². The maximum Gasteiger partial charge on any atom is 0.264 e. The maximum absolute atomic E-state index is 13.1. The van der Waals surface area contributed by atoms with Crippen molar-refractivity contribution in [2.75, 3.05) is 6.54 Å². The summed E-state index contributed by atoms with van der Waals surface area (Å²) in [5.74, 6) is 1.55. The fraction of sp³-hybridized carbons (Fsp3) is 0.476. The Morgan fingerprint density at radius 2 is 2.11 bits per heavy atom. The van der Waals surface area contributed by atoms with Gasteiger partial charge in [-0.15, -0.1) is 11.3 Å². The number of thiophene rings is 1. The Morgan fingerprint density at radius 3 is 2.78 bits per heavy atom. The number of nitrogens with zero attached hydrogens (tertiary/aromatic N) is 4. The quantitative estimate of drug-likeness (QED) is 0.555. The molecule has 0 radical (unpaired) electrons. The lowest BCUT2D eigenvalue weighted by Crippen LogP contribution is -2.33. The summed E-state index contributed by atoms with van der Waals surface area (Å²) in [4.78, 5) is 26.3. The molecule has 0 N–H and O–H groups in total. The van der Waals surface area contributed by atoms with Crippen molar-refractivity contribution in [1.29, 1.82) is 0 Å². The largest absolute Gasteiger partial charge is 0.330 e. The van der Waals surface area contributed by atoms with Crippen molar-refractivity contribution in [3.63, 3.8) is 0 Å². The number of imidazole rings is 1. The van der Waals surface area contributed by atoms with Gasteiger partial charge in [-0.1, -0.05) is 20.8 Å².